The van der Waals surface area contributed by atoms with E-state index >= 15 is 0 Å². The van der Waals surface area contributed by atoms with Crippen LogP contribution in [0.1, 0.15) is 39.5 Å². The molecule has 0 bridgehead atoms. The molecule has 17 heavy (non-hydrogen) atoms. The molecule has 1 aromatic rings. The average Bonchev–Trinajstić information content (AvgIpc) is 2.33. The Bertz CT molecular complexity index is 315. The number of rotatable bonds is 7. The fraction of sp³-hybridized carbons (Fsp3) is 0.571. The number of nitrogens with one attached hydrogen (secondary N) is 1. The summed E-state index contributed by atoms with van der Waals surface area (Å²) in [5.74, 6) is 0. The van der Waals surface area contributed by atoms with Crippen molar-refractivity contribution in [3.63, 3.8) is 0 Å². The first kappa shape index (κ1) is 14.3. The molecule has 0 fully saturated rings. The van der Waals surface area contributed by atoms with Gasteiger partial charge in [-0.15, -0.1) is 0 Å². The van der Waals surface area contributed by atoms with Crippen molar-refractivity contribution >= 4 is 17.3 Å². The zero-order chi connectivity index (χ0) is 12.7. The van der Waals surface area contributed by atoms with Gasteiger partial charge in [-0.3, -0.25) is 0 Å². The van der Waals surface area contributed by atoms with E-state index in [-0.39, 0.29) is 5.54 Å². The third-order valence-electron chi connectivity index (χ3n) is 3.10. The zero-order valence-corrected chi connectivity index (χ0v) is 11.6. The molecule has 0 unspecified atom stereocenters. The Morgan fingerprint density at radius 3 is 2.06 bits per heavy atom. The van der Waals surface area contributed by atoms with Gasteiger partial charge in [0, 0.05) is 22.8 Å². The molecule has 0 saturated carbocycles. The summed E-state index contributed by atoms with van der Waals surface area (Å²) in [6, 6.07) is 7.84. The van der Waals surface area contributed by atoms with Crippen LogP contribution in [-0.2, 0) is 0 Å². The van der Waals surface area contributed by atoms with Crippen molar-refractivity contribution in [1.29, 1.82) is 0 Å². The summed E-state index contributed by atoms with van der Waals surface area (Å²) in [5.41, 5.74) is 7.09. The third-order valence-corrected chi connectivity index (χ3v) is 3.35. The summed E-state index contributed by atoms with van der Waals surface area (Å²) in [6.07, 6.45) is 4.47. The molecule has 1 aromatic carbocycles. The summed E-state index contributed by atoms with van der Waals surface area (Å²) >= 11 is 5.89. The van der Waals surface area contributed by atoms with Gasteiger partial charge in [0.2, 0.25) is 0 Å². The Hall–Kier alpha value is -0.730. The summed E-state index contributed by atoms with van der Waals surface area (Å²) in [6.45, 7) is 5.06. The van der Waals surface area contributed by atoms with Crippen LogP contribution in [-0.4, -0.2) is 12.1 Å². The van der Waals surface area contributed by atoms with Gasteiger partial charge in [-0.25, -0.2) is 0 Å². The van der Waals surface area contributed by atoms with Crippen LogP contribution in [0.5, 0.6) is 0 Å². The number of hydrogen-bond acceptors (Lipinski definition) is 2. The standard InChI is InChI=1S/C14H23ClN2/c1-3-9-14(11-16,10-4-2)17-13-7-5-12(15)6-8-13/h5-8,17H,3-4,9-11,16H2,1-2H3. The lowest BCUT2D eigenvalue weighted by Gasteiger charge is -2.34. The van der Waals surface area contributed by atoms with Crippen molar-refractivity contribution in [3.05, 3.63) is 29.3 Å². The molecule has 0 aliphatic rings. The van der Waals surface area contributed by atoms with Crippen molar-refractivity contribution in [2.24, 2.45) is 5.73 Å². The fourth-order valence-electron chi connectivity index (χ4n) is 2.30. The zero-order valence-electron chi connectivity index (χ0n) is 10.8. The third kappa shape index (κ3) is 4.21. The second-order valence-electron chi connectivity index (χ2n) is 4.62. The maximum atomic E-state index is 5.97. The Labute approximate surface area is 110 Å². The van der Waals surface area contributed by atoms with E-state index in [9.17, 15) is 0 Å². The second-order valence-corrected chi connectivity index (χ2v) is 5.05. The van der Waals surface area contributed by atoms with Crippen molar-refractivity contribution in [1.82, 2.24) is 0 Å². The molecular formula is C14H23ClN2. The number of anilines is 1. The van der Waals surface area contributed by atoms with Gasteiger partial charge >= 0.3 is 0 Å². The lowest BCUT2D eigenvalue weighted by molar-refractivity contribution is 0.401. The molecule has 0 aliphatic carbocycles. The normalized spacial score (nSPS) is 11.5. The summed E-state index contributed by atoms with van der Waals surface area (Å²) in [7, 11) is 0. The molecular weight excluding hydrogens is 232 g/mol. The van der Waals surface area contributed by atoms with Crippen LogP contribution in [0.25, 0.3) is 0 Å². The molecule has 0 heterocycles. The lowest BCUT2D eigenvalue weighted by atomic mass is 9.88. The molecule has 96 valence electrons. The molecule has 0 saturated heterocycles. The molecule has 0 atom stereocenters. The summed E-state index contributed by atoms with van der Waals surface area (Å²) < 4.78 is 0. The van der Waals surface area contributed by atoms with E-state index in [1.165, 1.54) is 0 Å². The minimum atomic E-state index is 0.0251. The molecule has 0 aromatic heterocycles. The summed E-state index contributed by atoms with van der Waals surface area (Å²) in [4.78, 5) is 0. The first-order chi connectivity index (χ1) is 8.15. The summed E-state index contributed by atoms with van der Waals surface area (Å²) in [5, 5.41) is 4.35. The van der Waals surface area contributed by atoms with Crippen LogP contribution >= 0.6 is 11.6 Å². The van der Waals surface area contributed by atoms with E-state index in [0.717, 1.165) is 36.4 Å². The molecule has 3 heteroatoms. The van der Waals surface area contributed by atoms with Gasteiger partial charge in [0.15, 0.2) is 0 Å². The van der Waals surface area contributed by atoms with Gasteiger partial charge in [0.25, 0.3) is 0 Å². The molecule has 3 N–H and O–H groups in total. The highest BCUT2D eigenvalue weighted by molar-refractivity contribution is 6.30. The van der Waals surface area contributed by atoms with Gasteiger partial charge in [-0.1, -0.05) is 38.3 Å². The number of halogens is 1. The van der Waals surface area contributed by atoms with E-state index < -0.39 is 0 Å². The van der Waals surface area contributed by atoms with Crippen LogP contribution in [0.3, 0.4) is 0 Å². The van der Waals surface area contributed by atoms with Crippen LogP contribution in [0.15, 0.2) is 24.3 Å². The Kier molecular flexibility index (Phi) is 5.79. The molecule has 0 amide bonds. The average molecular weight is 255 g/mol. The Morgan fingerprint density at radius 1 is 1.12 bits per heavy atom. The topological polar surface area (TPSA) is 38.0 Å². The second kappa shape index (κ2) is 6.87. The lowest BCUT2D eigenvalue weighted by Crippen LogP contribution is -2.45. The predicted molar refractivity (Wildman–Crippen MR) is 76.7 cm³/mol. The van der Waals surface area contributed by atoms with Gasteiger partial charge in [0.05, 0.1) is 0 Å². The monoisotopic (exact) mass is 254 g/mol. The molecule has 0 spiro atoms. The van der Waals surface area contributed by atoms with Crippen molar-refractivity contribution in [2.75, 3.05) is 11.9 Å². The number of benzene rings is 1. The Balaban J connectivity index is 2.80. The van der Waals surface area contributed by atoms with E-state index in [1.807, 2.05) is 24.3 Å². The smallest absolute Gasteiger partial charge is 0.0495 e. The highest BCUT2D eigenvalue weighted by Crippen LogP contribution is 2.25. The largest absolute Gasteiger partial charge is 0.378 e. The Morgan fingerprint density at radius 2 is 1.65 bits per heavy atom. The highest BCUT2D eigenvalue weighted by atomic mass is 35.5. The van der Waals surface area contributed by atoms with Crippen molar-refractivity contribution in [2.45, 2.75) is 45.1 Å². The minimum Gasteiger partial charge on any atom is -0.378 e. The highest BCUT2D eigenvalue weighted by Gasteiger charge is 2.26. The quantitative estimate of drug-likeness (QED) is 0.770. The van der Waals surface area contributed by atoms with Crippen molar-refractivity contribution in [3.8, 4) is 0 Å². The van der Waals surface area contributed by atoms with E-state index in [1.54, 1.807) is 0 Å². The van der Waals surface area contributed by atoms with Crippen molar-refractivity contribution < 1.29 is 0 Å². The predicted octanol–water partition coefficient (Wildman–Crippen LogP) is 4.05. The minimum absolute atomic E-state index is 0.0251. The first-order valence-corrected chi connectivity index (χ1v) is 6.77. The number of hydrogen-bond donors (Lipinski definition) is 2. The van der Waals surface area contributed by atoms with Gasteiger partial charge < -0.3 is 11.1 Å². The van der Waals surface area contributed by atoms with Crippen LogP contribution in [0.2, 0.25) is 5.02 Å². The van der Waals surface area contributed by atoms with Gasteiger partial charge in [0.1, 0.15) is 0 Å². The van der Waals surface area contributed by atoms with Gasteiger partial charge in [-0.2, -0.15) is 0 Å². The molecule has 1 rings (SSSR count). The van der Waals surface area contributed by atoms with Gasteiger partial charge in [-0.05, 0) is 37.1 Å². The SMILES string of the molecule is CCCC(CN)(CCC)Nc1ccc(Cl)cc1. The first-order valence-electron chi connectivity index (χ1n) is 6.39. The van der Waals surface area contributed by atoms with Crippen LogP contribution in [0, 0.1) is 0 Å². The molecule has 0 aliphatic heterocycles. The van der Waals surface area contributed by atoms with E-state index in [2.05, 4.69) is 19.2 Å². The maximum Gasteiger partial charge on any atom is 0.0495 e. The van der Waals surface area contributed by atoms with E-state index in [4.69, 9.17) is 17.3 Å². The molecule has 2 nitrogen and oxygen atoms in total. The molecule has 0 radical (unpaired) electrons. The maximum absolute atomic E-state index is 5.97. The number of nitrogens with two attached hydrogens (primary N) is 1. The van der Waals surface area contributed by atoms with Crippen LogP contribution < -0.4 is 11.1 Å². The fourth-order valence-corrected chi connectivity index (χ4v) is 2.43. The van der Waals surface area contributed by atoms with Crippen LogP contribution in [0.4, 0.5) is 5.69 Å². The van der Waals surface area contributed by atoms with E-state index in [0.29, 0.717) is 6.54 Å².